The van der Waals surface area contributed by atoms with Crippen LogP contribution in [0, 0.1) is 5.92 Å². The molecule has 0 bridgehead atoms. The fraction of sp³-hybridized carbons (Fsp3) is 0.417. The molecule has 1 N–H and O–H groups in total. The number of carboxylic acid groups (broad SMARTS) is 1. The van der Waals surface area contributed by atoms with Gasteiger partial charge in [-0.2, -0.15) is 0 Å². The molecule has 0 saturated carbocycles. The zero-order valence-electron chi connectivity index (χ0n) is 9.35. The predicted octanol–water partition coefficient (Wildman–Crippen LogP) is 2.62. The minimum atomic E-state index is -0.817. The lowest BCUT2D eigenvalue weighted by Gasteiger charge is -2.17. The number of ether oxygens (including phenoxy) is 2. The van der Waals surface area contributed by atoms with E-state index in [4.69, 9.17) is 14.6 Å². The van der Waals surface area contributed by atoms with E-state index < -0.39 is 18.0 Å². The van der Waals surface area contributed by atoms with E-state index in [2.05, 4.69) is 15.9 Å². The average molecular weight is 301 g/mol. The summed E-state index contributed by atoms with van der Waals surface area (Å²) in [6, 6.07) is 5.48. The highest BCUT2D eigenvalue weighted by molar-refractivity contribution is 9.10. The molecule has 17 heavy (non-hydrogen) atoms. The summed E-state index contributed by atoms with van der Waals surface area (Å²) in [6.07, 6.45) is 0.140. The summed E-state index contributed by atoms with van der Waals surface area (Å²) in [6.45, 7) is 0.477. The minimum Gasteiger partial charge on any atom is -0.497 e. The topological polar surface area (TPSA) is 55.8 Å². The molecule has 4 nitrogen and oxygen atoms in total. The van der Waals surface area contributed by atoms with Gasteiger partial charge in [-0.1, -0.05) is 15.9 Å². The Labute approximate surface area is 108 Å². The van der Waals surface area contributed by atoms with Crippen LogP contribution in [0.1, 0.15) is 18.1 Å². The van der Waals surface area contributed by atoms with Crippen LogP contribution < -0.4 is 4.74 Å². The van der Waals surface area contributed by atoms with Gasteiger partial charge < -0.3 is 14.6 Å². The van der Waals surface area contributed by atoms with Gasteiger partial charge in [0, 0.05) is 11.1 Å². The third kappa shape index (κ3) is 2.45. The molecule has 2 atom stereocenters. The fourth-order valence-corrected chi connectivity index (χ4v) is 2.49. The van der Waals surface area contributed by atoms with E-state index in [0.29, 0.717) is 18.8 Å². The van der Waals surface area contributed by atoms with Crippen molar-refractivity contribution in [2.45, 2.75) is 12.5 Å². The Morgan fingerprint density at radius 3 is 3.00 bits per heavy atom. The molecule has 1 fully saturated rings. The van der Waals surface area contributed by atoms with Gasteiger partial charge in [0.1, 0.15) is 5.75 Å². The van der Waals surface area contributed by atoms with E-state index in [1.54, 1.807) is 7.11 Å². The summed E-state index contributed by atoms with van der Waals surface area (Å²) in [5.41, 5.74) is 0.828. The number of rotatable bonds is 3. The molecule has 0 spiro atoms. The Kier molecular flexibility index (Phi) is 3.69. The van der Waals surface area contributed by atoms with Crippen LogP contribution in [0.2, 0.25) is 0 Å². The summed E-state index contributed by atoms with van der Waals surface area (Å²) in [5.74, 6) is -0.608. The van der Waals surface area contributed by atoms with Crippen LogP contribution in [0.5, 0.6) is 5.75 Å². The van der Waals surface area contributed by atoms with Gasteiger partial charge in [-0.05, 0) is 30.2 Å². The Morgan fingerprint density at radius 1 is 1.59 bits per heavy atom. The average Bonchev–Trinajstić information content (AvgIpc) is 2.78. The number of carboxylic acids is 1. The summed E-state index contributed by atoms with van der Waals surface area (Å²) in [4.78, 5) is 11.1. The molecule has 0 aromatic heterocycles. The number of hydrogen-bond acceptors (Lipinski definition) is 3. The van der Waals surface area contributed by atoms with Crippen molar-refractivity contribution in [3.05, 3.63) is 28.2 Å². The molecule has 0 aliphatic carbocycles. The first-order valence-corrected chi connectivity index (χ1v) is 6.10. The lowest BCUT2D eigenvalue weighted by atomic mass is 9.95. The summed E-state index contributed by atoms with van der Waals surface area (Å²) >= 11 is 3.42. The van der Waals surface area contributed by atoms with Crippen LogP contribution in [-0.4, -0.2) is 24.8 Å². The molecule has 1 aromatic rings. The molecule has 2 rings (SSSR count). The number of benzene rings is 1. The van der Waals surface area contributed by atoms with Gasteiger partial charge in [0.2, 0.25) is 0 Å². The zero-order chi connectivity index (χ0) is 12.4. The van der Waals surface area contributed by atoms with Crippen molar-refractivity contribution in [3.63, 3.8) is 0 Å². The maximum Gasteiger partial charge on any atom is 0.309 e. The molecule has 1 aromatic carbocycles. The van der Waals surface area contributed by atoms with Crippen molar-refractivity contribution in [1.29, 1.82) is 0 Å². The predicted molar refractivity (Wildman–Crippen MR) is 65.1 cm³/mol. The van der Waals surface area contributed by atoms with Crippen molar-refractivity contribution >= 4 is 21.9 Å². The van der Waals surface area contributed by atoms with Crippen LogP contribution in [-0.2, 0) is 9.53 Å². The Bertz CT molecular complexity index is 433. The van der Waals surface area contributed by atoms with Gasteiger partial charge in [0.05, 0.1) is 19.1 Å². The standard InChI is InChI=1S/C12H13BrO4/c1-16-7-2-3-10(13)9(6-7)11-8(12(14)15)4-5-17-11/h2-3,6,8,11H,4-5H2,1H3,(H,14,15). The molecule has 1 aliphatic heterocycles. The highest BCUT2D eigenvalue weighted by Gasteiger charge is 2.36. The zero-order valence-corrected chi connectivity index (χ0v) is 10.9. The molecular weight excluding hydrogens is 288 g/mol. The van der Waals surface area contributed by atoms with Crippen LogP contribution in [0.4, 0.5) is 0 Å². The van der Waals surface area contributed by atoms with Gasteiger partial charge in [0.25, 0.3) is 0 Å². The van der Waals surface area contributed by atoms with E-state index in [9.17, 15) is 4.79 Å². The summed E-state index contributed by atoms with van der Waals surface area (Å²) in [5, 5.41) is 9.14. The maximum atomic E-state index is 11.1. The summed E-state index contributed by atoms with van der Waals surface area (Å²) < 4.78 is 11.5. The minimum absolute atomic E-state index is 0.406. The van der Waals surface area contributed by atoms with E-state index in [0.717, 1.165) is 10.0 Å². The lowest BCUT2D eigenvalue weighted by Crippen LogP contribution is -2.17. The second-order valence-electron chi connectivity index (χ2n) is 3.91. The first-order chi connectivity index (χ1) is 8.13. The van der Waals surface area contributed by atoms with E-state index >= 15 is 0 Å². The number of methoxy groups -OCH3 is 1. The van der Waals surface area contributed by atoms with E-state index in [-0.39, 0.29) is 0 Å². The number of aliphatic carboxylic acids is 1. The highest BCUT2D eigenvalue weighted by Crippen LogP contribution is 2.39. The third-order valence-corrected chi connectivity index (χ3v) is 3.64. The monoisotopic (exact) mass is 300 g/mol. The van der Waals surface area contributed by atoms with Gasteiger partial charge >= 0.3 is 5.97 Å². The smallest absolute Gasteiger partial charge is 0.309 e. The van der Waals surface area contributed by atoms with Gasteiger partial charge in [-0.15, -0.1) is 0 Å². The van der Waals surface area contributed by atoms with Gasteiger partial charge in [0.15, 0.2) is 0 Å². The normalized spacial score (nSPS) is 23.6. The number of hydrogen-bond donors (Lipinski definition) is 1. The second-order valence-corrected chi connectivity index (χ2v) is 4.77. The summed E-state index contributed by atoms with van der Waals surface area (Å²) in [7, 11) is 1.58. The molecule has 0 radical (unpaired) electrons. The highest BCUT2D eigenvalue weighted by atomic mass is 79.9. The molecule has 5 heteroatoms. The van der Waals surface area contributed by atoms with Crippen LogP contribution in [0.3, 0.4) is 0 Å². The Hall–Kier alpha value is -1.07. The quantitative estimate of drug-likeness (QED) is 0.932. The van der Waals surface area contributed by atoms with E-state index in [1.807, 2.05) is 18.2 Å². The van der Waals surface area contributed by atoms with Crippen LogP contribution in [0.15, 0.2) is 22.7 Å². The van der Waals surface area contributed by atoms with Crippen molar-refractivity contribution < 1.29 is 19.4 Å². The SMILES string of the molecule is COc1ccc(Br)c(C2OCCC2C(=O)O)c1. The van der Waals surface area contributed by atoms with Crippen LogP contribution in [0.25, 0.3) is 0 Å². The van der Waals surface area contributed by atoms with Crippen molar-refractivity contribution in [2.75, 3.05) is 13.7 Å². The maximum absolute atomic E-state index is 11.1. The van der Waals surface area contributed by atoms with E-state index in [1.165, 1.54) is 0 Å². The second kappa shape index (κ2) is 5.06. The largest absolute Gasteiger partial charge is 0.497 e. The first-order valence-electron chi connectivity index (χ1n) is 5.31. The Balaban J connectivity index is 2.35. The molecule has 0 amide bonds. The molecule has 1 aliphatic rings. The molecule has 92 valence electrons. The van der Waals surface area contributed by atoms with Gasteiger partial charge in [-0.25, -0.2) is 0 Å². The fourth-order valence-electron chi connectivity index (χ4n) is 2.02. The molecule has 2 unspecified atom stereocenters. The van der Waals surface area contributed by atoms with Gasteiger partial charge in [-0.3, -0.25) is 4.79 Å². The van der Waals surface area contributed by atoms with Crippen molar-refractivity contribution in [3.8, 4) is 5.75 Å². The number of halogens is 1. The Morgan fingerprint density at radius 2 is 2.35 bits per heavy atom. The molecule has 1 saturated heterocycles. The lowest BCUT2D eigenvalue weighted by molar-refractivity contribution is -0.143. The van der Waals surface area contributed by atoms with Crippen molar-refractivity contribution in [2.24, 2.45) is 5.92 Å². The first kappa shape index (κ1) is 12.4. The van der Waals surface area contributed by atoms with Crippen LogP contribution >= 0.6 is 15.9 Å². The van der Waals surface area contributed by atoms with Crippen molar-refractivity contribution in [1.82, 2.24) is 0 Å². The third-order valence-electron chi connectivity index (χ3n) is 2.92. The molecular formula is C12H13BrO4. The number of carbonyl (C=O) groups is 1. The molecule has 1 heterocycles.